The van der Waals surface area contributed by atoms with E-state index in [1.54, 1.807) is 0 Å². The number of benzene rings is 2. The zero-order valence-corrected chi connectivity index (χ0v) is 18.0. The molecule has 3 heterocycles. The minimum Gasteiger partial charge on any atom is -0.493 e. The Hall–Kier alpha value is -3.36. The maximum atomic E-state index is 13.8. The molecule has 9 heteroatoms. The van der Waals surface area contributed by atoms with Crippen molar-refractivity contribution >= 4 is 22.5 Å². The third-order valence-electron chi connectivity index (χ3n) is 6.45. The van der Waals surface area contributed by atoms with E-state index in [1.807, 2.05) is 48.2 Å². The molecule has 0 saturated carbocycles. The Morgan fingerprint density at radius 2 is 1.97 bits per heavy atom. The Kier molecular flexibility index (Phi) is 5.34. The summed E-state index contributed by atoms with van der Waals surface area (Å²) in [4.78, 5) is 23.1. The Labute approximate surface area is 188 Å². The lowest BCUT2D eigenvalue weighted by Gasteiger charge is -2.26. The average Bonchev–Trinajstić information content (AvgIpc) is 3.36. The Morgan fingerprint density at radius 1 is 1.15 bits per heavy atom. The van der Waals surface area contributed by atoms with Crippen LogP contribution in [0.25, 0.3) is 10.8 Å². The van der Waals surface area contributed by atoms with Crippen LogP contribution in [0.2, 0.25) is 0 Å². The molecule has 1 amide bonds. The number of halogens is 3. The molecule has 2 aromatic carbocycles. The first kappa shape index (κ1) is 21.5. The van der Waals surface area contributed by atoms with Crippen LogP contribution in [-0.2, 0) is 6.18 Å². The lowest BCUT2D eigenvalue weighted by Crippen LogP contribution is -2.40. The first-order chi connectivity index (χ1) is 15.9. The second-order valence-corrected chi connectivity index (χ2v) is 8.37. The van der Waals surface area contributed by atoms with Crippen LogP contribution in [0, 0.1) is 0 Å². The van der Waals surface area contributed by atoms with Crippen molar-refractivity contribution in [2.24, 2.45) is 0 Å². The van der Waals surface area contributed by atoms with E-state index in [-0.39, 0.29) is 29.9 Å². The third-order valence-corrected chi connectivity index (χ3v) is 6.45. The van der Waals surface area contributed by atoms with Crippen LogP contribution >= 0.6 is 0 Å². The van der Waals surface area contributed by atoms with Crippen molar-refractivity contribution in [1.82, 2.24) is 14.9 Å². The summed E-state index contributed by atoms with van der Waals surface area (Å²) in [6.45, 7) is 2.33. The molecule has 0 aliphatic carbocycles. The van der Waals surface area contributed by atoms with Gasteiger partial charge in [-0.05, 0) is 43.0 Å². The first-order valence-electron chi connectivity index (χ1n) is 11.0. The number of nitrogens with zero attached hydrogens (tertiary/aromatic N) is 3. The van der Waals surface area contributed by atoms with Gasteiger partial charge in [0, 0.05) is 6.04 Å². The van der Waals surface area contributed by atoms with Crippen molar-refractivity contribution < 1.29 is 22.7 Å². The number of anilines is 1. The second-order valence-electron chi connectivity index (χ2n) is 8.37. The van der Waals surface area contributed by atoms with Gasteiger partial charge in [-0.2, -0.15) is 13.2 Å². The van der Waals surface area contributed by atoms with Gasteiger partial charge in [-0.25, -0.2) is 9.97 Å². The quantitative estimate of drug-likeness (QED) is 0.591. The van der Waals surface area contributed by atoms with Crippen LogP contribution in [0.3, 0.4) is 0 Å². The number of amides is 1. The molecule has 1 aromatic heterocycles. The maximum Gasteiger partial charge on any atom is 0.434 e. The molecule has 33 heavy (non-hydrogen) atoms. The van der Waals surface area contributed by atoms with E-state index in [9.17, 15) is 18.0 Å². The van der Waals surface area contributed by atoms with Gasteiger partial charge in [0.25, 0.3) is 5.91 Å². The van der Waals surface area contributed by atoms with Crippen molar-refractivity contribution in [3.8, 4) is 5.75 Å². The molecule has 2 bridgehead atoms. The molecule has 2 fully saturated rings. The fourth-order valence-electron chi connectivity index (χ4n) is 5.08. The highest BCUT2D eigenvalue weighted by Crippen LogP contribution is 2.42. The van der Waals surface area contributed by atoms with Crippen LogP contribution in [0.4, 0.5) is 19.0 Å². The van der Waals surface area contributed by atoms with Crippen LogP contribution in [-0.4, -0.2) is 45.5 Å². The second kappa shape index (κ2) is 8.20. The molecule has 5 rings (SSSR count). The number of aromatic nitrogens is 2. The summed E-state index contributed by atoms with van der Waals surface area (Å²) in [6, 6.07) is 11.4. The highest BCUT2D eigenvalue weighted by Gasteiger charge is 2.49. The van der Waals surface area contributed by atoms with E-state index in [0.29, 0.717) is 24.3 Å². The summed E-state index contributed by atoms with van der Waals surface area (Å²) in [5, 5.41) is 5.01. The van der Waals surface area contributed by atoms with E-state index in [1.165, 1.54) is 0 Å². The summed E-state index contributed by atoms with van der Waals surface area (Å²) in [6.07, 6.45) is -0.299. The number of carbonyl (C=O) groups is 1. The Morgan fingerprint density at radius 3 is 2.70 bits per heavy atom. The molecule has 2 saturated heterocycles. The molecule has 2 aliphatic rings. The highest BCUT2D eigenvalue weighted by molar-refractivity contribution is 6.10. The van der Waals surface area contributed by atoms with Gasteiger partial charge in [-0.1, -0.05) is 30.3 Å². The van der Waals surface area contributed by atoms with Crippen LogP contribution < -0.4 is 10.1 Å². The van der Waals surface area contributed by atoms with Crippen LogP contribution in [0.5, 0.6) is 5.75 Å². The Balaban J connectivity index is 1.41. The lowest BCUT2D eigenvalue weighted by atomic mass is 9.95. The van der Waals surface area contributed by atoms with Gasteiger partial charge in [-0.3, -0.25) is 4.79 Å². The summed E-state index contributed by atoms with van der Waals surface area (Å²) in [7, 11) is 0. The molecule has 0 spiro atoms. The number of nitrogens with one attached hydrogen (secondary N) is 1. The van der Waals surface area contributed by atoms with Gasteiger partial charge in [0.15, 0.2) is 5.69 Å². The molecular weight excluding hydrogens is 433 g/mol. The van der Waals surface area contributed by atoms with Crippen LogP contribution in [0.15, 0.2) is 48.8 Å². The summed E-state index contributed by atoms with van der Waals surface area (Å²) < 4.78 is 44.1. The monoisotopic (exact) mass is 456 g/mol. The van der Waals surface area contributed by atoms with Crippen molar-refractivity contribution in [2.75, 3.05) is 11.9 Å². The van der Waals surface area contributed by atoms with E-state index in [4.69, 9.17) is 4.74 Å². The number of alkyl halides is 3. The van der Waals surface area contributed by atoms with Crippen molar-refractivity contribution in [1.29, 1.82) is 0 Å². The molecule has 0 radical (unpaired) electrons. The van der Waals surface area contributed by atoms with Gasteiger partial charge in [0.2, 0.25) is 0 Å². The molecule has 172 valence electrons. The average molecular weight is 456 g/mol. The largest absolute Gasteiger partial charge is 0.493 e. The lowest BCUT2D eigenvalue weighted by molar-refractivity contribution is -0.141. The van der Waals surface area contributed by atoms with Gasteiger partial charge < -0.3 is 15.0 Å². The van der Waals surface area contributed by atoms with Crippen LogP contribution in [0.1, 0.15) is 42.2 Å². The third kappa shape index (κ3) is 3.85. The van der Waals surface area contributed by atoms with E-state index in [2.05, 4.69) is 15.3 Å². The molecule has 2 aliphatic heterocycles. The molecule has 6 nitrogen and oxygen atoms in total. The number of hydrogen-bond donors (Lipinski definition) is 1. The SMILES string of the molecule is CCOc1ccc2ccccc2c1C(=O)N1C2CCC1C(Nc1cnc(C(F)(F)F)cn1)C2. The fourth-order valence-corrected chi connectivity index (χ4v) is 5.08. The zero-order valence-electron chi connectivity index (χ0n) is 18.0. The molecule has 1 N–H and O–H groups in total. The highest BCUT2D eigenvalue weighted by atomic mass is 19.4. The van der Waals surface area contributed by atoms with Gasteiger partial charge in [0.1, 0.15) is 11.6 Å². The summed E-state index contributed by atoms with van der Waals surface area (Å²) >= 11 is 0. The standard InChI is InChI=1S/C24H23F3N4O2/c1-2-33-19-10-7-14-5-3-4-6-16(14)22(19)23(32)31-15-8-9-18(31)17(11-15)30-21-13-28-20(12-29-21)24(25,26)27/h3-7,10,12-13,15,17-18H,2,8-9,11H2,1H3,(H,29,30). The van der Waals surface area contributed by atoms with E-state index >= 15 is 0 Å². The van der Waals surface area contributed by atoms with Crippen molar-refractivity contribution in [3.63, 3.8) is 0 Å². The smallest absolute Gasteiger partial charge is 0.434 e. The number of ether oxygens (including phenoxy) is 1. The number of fused-ring (bicyclic) bond motifs is 3. The van der Waals surface area contributed by atoms with Crippen molar-refractivity contribution in [3.05, 3.63) is 60.0 Å². The van der Waals surface area contributed by atoms with Gasteiger partial charge in [0.05, 0.1) is 36.6 Å². The number of rotatable bonds is 5. The van der Waals surface area contributed by atoms with E-state index < -0.39 is 11.9 Å². The number of carbonyl (C=O) groups excluding carboxylic acids is 1. The zero-order chi connectivity index (χ0) is 23.2. The molecule has 3 unspecified atom stereocenters. The van der Waals surface area contributed by atoms with E-state index in [0.717, 1.165) is 36.0 Å². The fraction of sp³-hybridized carbons (Fsp3) is 0.375. The minimum atomic E-state index is -4.53. The molecule has 3 aromatic rings. The predicted octanol–water partition coefficient (Wildman–Crippen LogP) is 4.90. The minimum absolute atomic E-state index is 0.0517. The Bertz CT molecular complexity index is 1180. The summed E-state index contributed by atoms with van der Waals surface area (Å²) in [5.74, 6) is 0.754. The maximum absolute atomic E-state index is 13.8. The topological polar surface area (TPSA) is 67.3 Å². The normalized spacial score (nSPS) is 22.1. The molecule has 3 atom stereocenters. The molecular formula is C24H23F3N4O2. The van der Waals surface area contributed by atoms with Gasteiger partial charge >= 0.3 is 6.18 Å². The van der Waals surface area contributed by atoms with Crippen molar-refractivity contribution in [2.45, 2.75) is 50.5 Å². The predicted molar refractivity (Wildman–Crippen MR) is 117 cm³/mol. The number of hydrogen-bond acceptors (Lipinski definition) is 5. The van der Waals surface area contributed by atoms with Gasteiger partial charge in [-0.15, -0.1) is 0 Å². The first-order valence-corrected chi connectivity index (χ1v) is 11.0. The summed E-state index contributed by atoms with van der Waals surface area (Å²) in [5.41, 5.74) is -0.473.